The Morgan fingerprint density at radius 2 is 2.08 bits per heavy atom. The molecule has 5 heteroatoms. The molecule has 24 heavy (non-hydrogen) atoms. The van der Waals surface area contributed by atoms with E-state index in [4.69, 9.17) is 0 Å². The van der Waals surface area contributed by atoms with Crippen LogP contribution >= 0.6 is 0 Å². The highest BCUT2D eigenvalue weighted by Crippen LogP contribution is 2.31. The number of aryl methyl sites for hydroxylation is 1. The molecule has 1 aromatic heterocycles. The largest absolute Gasteiger partial charge is 0.393 e. The molecule has 128 valence electrons. The highest BCUT2D eigenvalue weighted by atomic mass is 16.3. The second kappa shape index (κ2) is 8.11. The van der Waals surface area contributed by atoms with Gasteiger partial charge in [0.15, 0.2) is 0 Å². The van der Waals surface area contributed by atoms with Crippen LogP contribution in [-0.4, -0.2) is 33.4 Å². The first-order chi connectivity index (χ1) is 11.7. The Bertz CT molecular complexity index is 621. The van der Waals surface area contributed by atoms with Gasteiger partial charge < -0.3 is 10.4 Å². The molecule has 0 unspecified atom stereocenters. The first-order valence-electron chi connectivity index (χ1n) is 8.69. The van der Waals surface area contributed by atoms with Crippen LogP contribution in [0, 0.1) is 5.92 Å². The lowest BCUT2D eigenvalue weighted by Gasteiger charge is -2.38. The lowest BCUT2D eigenvalue weighted by molar-refractivity contribution is -0.123. The summed E-state index contributed by atoms with van der Waals surface area (Å²) in [5.41, 5.74) is 2.35. The van der Waals surface area contributed by atoms with Gasteiger partial charge in [0.2, 0.25) is 5.91 Å². The Balaban J connectivity index is 1.50. The zero-order valence-electron chi connectivity index (χ0n) is 13.8. The van der Waals surface area contributed by atoms with Crippen molar-refractivity contribution in [3.05, 3.63) is 53.9 Å². The molecule has 1 aliphatic rings. The summed E-state index contributed by atoms with van der Waals surface area (Å²) in [5, 5.41) is 19.5. The number of rotatable bonds is 8. The molecule has 0 aliphatic heterocycles. The maximum atomic E-state index is 12.3. The summed E-state index contributed by atoms with van der Waals surface area (Å²) in [7, 11) is 0. The van der Waals surface area contributed by atoms with E-state index in [2.05, 4.69) is 27.6 Å². The highest BCUT2D eigenvalue weighted by Gasteiger charge is 2.34. The van der Waals surface area contributed by atoms with E-state index < -0.39 is 0 Å². The van der Waals surface area contributed by atoms with Crippen molar-refractivity contribution in [3.63, 3.8) is 0 Å². The first-order valence-corrected chi connectivity index (χ1v) is 8.69. The molecule has 1 heterocycles. The number of aromatic nitrogens is 2. The Labute approximate surface area is 142 Å². The van der Waals surface area contributed by atoms with Crippen molar-refractivity contribution >= 4 is 5.91 Å². The van der Waals surface area contributed by atoms with Crippen molar-refractivity contribution in [3.8, 4) is 0 Å². The first kappa shape index (κ1) is 16.7. The summed E-state index contributed by atoms with van der Waals surface area (Å²) in [6.07, 6.45) is 8.05. The van der Waals surface area contributed by atoms with Gasteiger partial charge in [0, 0.05) is 18.7 Å². The predicted octanol–water partition coefficient (Wildman–Crippen LogP) is 2.23. The summed E-state index contributed by atoms with van der Waals surface area (Å²) in [6, 6.07) is 10.3. The number of nitrogens with zero attached hydrogens (tertiary/aromatic N) is 1. The fraction of sp³-hybridized carbons (Fsp3) is 0.474. The molecule has 1 aromatic carbocycles. The number of nitrogens with one attached hydrogen (secondary N) is 2. The Hall–Kier alpha value is -2.14. The highest BCUT2D eigenvalue weighted by molar-refractivity contribution is 5.76. The van der Waals surface area contributed by atoms with Gasteiger partial charge in [-0.1, -0.05) is 30.3 Å². The number of amides is 1. The van der Waals surface area contributed by atoms with Crippen LogP contribution in [0.5, 0.6) is 0 Å². The molecular weight excluding hydrogens is 302 g/mol. The lowest BCUT2D eigenvalue weighted by Crippen LogP contribution is -2.48. The maximum absolute atomic E-state index is 12.3. The molecular formula is C19H25N3O2. The summed E-state index contributed by atoms with van der Waals surface area (Å²) in [6.45, 7) is 0. The monoisotopic (exact) mass is 327 g/mol. The van der Waals surface area contributed by atoms with Crippen LogP contribution in [0.15, 0.2) is 42.7 Å². The van der Waals surface area contributed by atoms with E-state index in [9.17, 15) is 9.90 Å². The van der Waals surface area contributed by atoms with E-state index >= 15 is 0 Å². The van der Waals surface area contributed by atoms with Gasteiger partial charge in [-0.2, -0.15) is 5.10 Å². The van der Waals surface area contributed by atoms with E-state index in [1.807, 2.05) is 24.4 Å². The summed E-state index contributed by atoms with van der Waals surface area (Å²) >= 11 is 0. The molecule has 1 saturated carbocycles. The fourth-order valence-corrected chi connectivity index (χ4v) is 3.31. The zero-order valence-corrected chi connectivity index (χ0v) is 13.8. The molecule has 3 N–H and O–H groups in total. The second-order valence-electron chi connectivity index (χ2n) is 6.71. The fourth-order valence-electron chi connectivity index (χ4n) is 3.31. The van der Waals surface area contributed by atoms with Gasteiger partial charge in [-0.25, -0.2) is 0 Å². The molecule has 1 aliphatic carbocycles. The van der Waals surface area contributed by atoms with Crippen LogP contribution in [0.2, 0.25) is 0 Å². The van der Waals surface area contributed by atoms with Crippen LogP contribution in [-0.2, 0) is 17.6 Å². The van der Waals surface area contributed by atoms with Gasteiger partial charge in [-0.05, 0) is 49.1 Å². The van der Waals surface area contributed by atoms with Crippen molar-refractivity contribution in [2.24, 2.45) is 5.92 Å². The van der Waals surface area contributed by atoms with Crippen LogP contribution in [0.3, 0.4) is 0 Å². The molecule has 3 rings (SSSR count). The summed E-state index contributed by atoms with van der Waals surface area (Å²) in [4.78, 5) is 12.3. The van der Waals surface area contributed by atoms with Crippen LogP contribution in [0.4, 0.5) is 0 Å². The van der Waals surface area contributed by atoms with Crippen LogP contribution < -0.4 is 5.32 Å². The number of hydrogen-bond donors (Lipinski definition) is 3. The number of benzene rings is 1. The molecule has 0 saturated heterocycles. The van der Waals surface area contributed by atoms with Crippen molar-refractivity contribution in [2.75, 3.05) is 0 Å². The van der Waals surface area contributed by atoms with Gasteiger partial charge in [0.05, 0.1) is 12.3 Å². The maximum Gasteiger partial charge on any atom is 0.220 e. The average molecular weight is 327 g/mol. The zero-order chi connectivity index (χ0) is 16.8. The third-order valence-electron chi connectivity index (χ3n) is 4.79. The van der Waals surface area contributed by atoms with Gasteiger partial charge in [-0.3, -0.25) is 9.89 Å². The molecule has 0 radical (unpaired) electrons. The molecule has 1 fully saturated rings. The number of aromatic amines is 1. The summed E-state index contributed by atoms with van der Waals surface area (Å²) in [5.74, 6) is 0.471. The molecule has 2 aromatic rings. The van der Waals surface area contributed by atoms with E-state index in [-0.39, 0.29) is 18.1 Å². The van der Waals surface area contributed by atoms with E-state index in [1.165, 1.54) is 5.56 Å². The van der Waals surface area contributed by atoms with Crippen molar-refractivity contribution in [2.45, 2.75) is 50.7 Å². The predicted molar refractivity (Wildman–Crippen MR) is 92.3 cm³/mol. The van der Waals surface area contributed by atoms with E-state index in [1.54, 1.807) is 6.20 Å². The molecule has 1 atom stereocenters. The molecule has 0 bridgehead atoms. The number of aliphatic hydroxyl groups is 1. The number of hydrogen-bond acceptors (Lipinski definition) is 3. The van der Waals surface area contributed by atoms with Crippen LogP contribution in [0.1, 0.15) is 36.8 Å². The minimum atomic E-state index is -0.203. The minimum absolute atomic E-state index is 0.0980. The summed E-state index contributed by atoms with van der Waals surface area (Å²) < 4.78 is 0. The van der Waals surface area contributed by atoms with E-state index in [0.29, 0.717) is 12.3 Å². The SMILES string of the molecule is O=C(CCCc1cn[nH]c1)N[C@@H](Cc1ccccc1)C1CC(O)C1. The third kappa shape index (κ3) is 4.68. The lowest BCUT2D eigenvalue weighted by atomic mass is 9.75. The average Bonchev–Trinajstić information content (AvgIpc) is 3.06. The number of H-pyrrole nitrogens is 1. The number of carbonyl (C=O) groups is 1. The van der Waals surface area contributed by atoms with E-state index in [0.717, 1.165) is 37.7 Å². The molecule has 0 spiro atoms. The third-order valence-corrected chi connectivity index (χ3v) is 4.79. The Morgan fingerprint density at radius 1 is 1.29 bits per heavy atom. The Morgan fingerprint density at radius 3 is 2.75 bits per heavy atom. The Kier molecular flexibility index (Phi) is 5.64. The quantitative estimate of drug-likeness (QED) is 0.696. The minimum Gasteiger partial charge on any atom is -0.393 e. The van der Waals surface area contributed by atoms with Gasteiger partial charge >= 0.3 is 0 Å². The van der Waals surface area contributed by atoms with Crippen LogP contribution in [0.25, 0.3) is 0 Å². The van der Waals surface area contributed by atoms with Crippen molar-refractivity contribution in [1.82, 2.24) is 15.5 Å². The van der Waals surface area contributed by atoms with Crippen molar-refractivity contribution in [1.29, 1.82) is 0 Å². The molecule has 1 amide bonds. The molecule has 5 nitrogen and oxygen atoms in total. The number of carbonyl (C=O) groups excluding carboxylic acids is 1. The normalized spacial score (nSPS) is 21.0. The smallest absolute Gasteiger partial charge is 0.220 e. The second-order valence-corrected chi connectivity index (χ2v) is 6.71. The van der Waals surface area contributed by atoms with Gasteiger partial charge in [0.25, 0.3) is 0 Å². The van der Waals surface area contributed by atoms with Gasteiger partial charge in [0.1, 0.15) is 0 Å². The van der Waals surface area contributed by atoms with Gasteiger partial charge in [-0.15, -0.1) is 0 Å². The van der Waals surface area contributed by atoms with Crippen molar-refractivity contribution < 1.29 is 9.90 Å². The number of aliphatic hydroxyl groups excluding tert-OH is 1. The standard InChI is InChI=1S/C19H25N3O2/c23-17-10-16(11-17)18(9-14-5-2-1-3-6-14)22-19(24)8-4-7-15-12-20-21-13-15/h1-3,5-6,12-13,16-18,23H,4,7-11H2,(H,20,21)(H,22,24)/t16?,17?,18-/m0/s1. The topological polar surface area (TPSA) is 78.0 Å².